The van der Waals surface area contributed by atoms with Crippen molar-refractivity contribution in [3.63, 3.8) is 0 Å². The predicted molar refractivity (Wildman–Crippen MR) is 355 cm³/mol. The van der Waals surface area contributed by atoms with Crippen molar-refractivity contribution in [2.45, 2.75) is 258 Å². The summed E-state index contributed by atoms with van der Waals surface area (Å²) >= 11 is 0. The number of carbonyl (C=O) groups is 2. The normalized spacial score (nSPS) is 14.1. The maximum Gasteiger partial charge on any atom is 0.306 e. The van der Waals surface area contributed by atoms with Crippen molar-refractivity contribution in [1.82, 2.24) is 0 Å². The minimum atomic E-state index is -4.65. The van der Waals surface area contributed by atoms with Gasteiger partial charge in [-0.25, -0.2) is 0 Å². The Bertz CT molecular complexity index is 1910. The molecular formula is C73H122NO8P. The van der Waals surface area contributed by atoms with Crippen LogP contribution in [0.5, 0.6) is 0 Å². The standard InChI is InChI=1S/C73H122NO8P/c1-6-8-10-12-14-16-18-20-22-24-26-27-28-29-30-31-32-33-34-35-36-37-38-39-40-41-42-43-44-45-46-47-48-50-52-54-56-58-60-62-64-66-73(76)82-71(70-81-83(77,78)80-68-67-74(3,4)5)69-79-72(75)65-63-61-59-57-55-53-51-49-25-23-21-19-17-15-13-11-9-7-2/h8,10,14,16-17,19-20,22-23,25-27,29-30,32-33,35-36,38-39,41-42,44-45,71H,6-7,9,11-13,15,18,21,24,28,31,34,37,40,43,46-70H2,1-5H3/b10-8-,16-14-,19-17-,22-20-,25-23-,27-26-,30-29-,33-32-,36-35-,39-38-,42-41-,45-44-. The zero-order chi connectivity index (χ0) is 60.5. The first-order valence-corrected chi connectivity index (χ1v) is 34.5. The second-order valence-electron chi connectivity index (χ2n) is 22.7. The Morgan fingerprint density at radius 3 is 1.02 bits per heavy atom. The van der Waals surface area contributed by atoms with Crippen LogP contribution >= 0.6 is 7.82 Å². The van der Waals surface area contributed by atoms with Gasteiger partial charge in [-0.2, -0.15) is 0 Å². The SMILES string of the molecule is CC/C=C\C/C=C\C/C=C\C/C=C\C/C=C\C/C=C\C/C=C\C/C=C\C/C=C\C/C=C\CCCCCCCCCCCCC(=O)OC(COC(=O)CCCCCCCCC/C=C\C/C=C\CCCCCC)COP(=O)([O-])OCC[N+](C)(C)C. The van der Waals surface area contributed by atoms with E-state index in [9.17, 15) is 19.0 Å². The van der Waals surface area contributed by atoms with Crippen molar-refractivity contribution < 1.29 is 42.1 Å². The quantitative estimate of drug-likeness (QED) is 0.0195. The van der Waals surface area contributed by atoms with Gasteiger partial charge in [0.1, 0.15) is 19.8 Å². The van der Waals surface area contributed by atoms with Gasteiger partial charge in [-0.15, -0.1) is 0 Å². The Morgan fingerprint density at radius 1 is 0.386 bits per heavy atom. The molecule has 2 atom stereocenters. The van der Waals surface area contributed by atoms with Gasteiger partial charge in [0.05, 0.1) is 27.7 Å². The van der Waals surface area contributed by atoms with Crippen LogP contribution in [0.25, 0.3) is 0 Å². The number of ether oxygens (including phenoxy) is 2. The van der Waals surface area contributed by atoms with Gasteiger partial charge in [-0.3, -0.25) is 14.2 Å². The Kier molecular flexibility index (Phi) is 59.3. The molecule has 10 heteroatoms. The molecule has 0 aliphatic carbocycles. The smallest absolute Gasteiger partial charge is 0.306 e. The van der Waals surface area contributed by atoms with Crippen LogP contribution in [0.1, 0.15) is 251 Å². The fourth-order valence-corrected chi connectivity index (χ4v) is 9.27. The zero-order valence-electron chi connectivity index (χ0n) is 53.6. The second-order valence-corrected chi connectivity index (χ2v) is 24.2. The molecule has 0 N–H and O–H groups in total. The molecule has 0 heterocycles. The van der Waals surface area contributed by atoms with Gasteiger partial charge in [0.25, 0.3) is 7.82 Å². The third kappa shape index (κ3) is 66.9. The minimum Gasteiger partial charge on any atom is -0.756 e. The molecule has 0 saturated carbocycles. The van der Waals surface area contributed by atoms with Gasteiger partial charge in [-0.1, -0.05) is 262 Å². The molecule has 0 amide bonds. The predicted octanol–water partition coefficient (Wildman–Crippen LogP) is 20.8. The number of unbranched alkanes of at least 4 members (excludes halogenated alkanes) is 21. The molecule has 0 rings (SSSR count). The molecule has 0 aliphatic heterocycles. The Labute approximate surface area is 510 Å². The van der Waals surface area contributed by atoms with Gasteiger partial charge in [0.2, 0.25) is 0 Å². The molecule has 472 valence electrons. The van der Waals surface area contributed by atoms with Gasteiger partial charge >= 0.3 is 11.9 Å². The highest BCUT2D eigenvalue weighted by Gasteiger charge is 2.22. The van der Waals surface area contributed by atoms with Crippen LogP contribution in [0.15, 0.2) is 146 Å². The average molecular weight is 1170 g/mol. The van der Waals surface area contributed by atoms with E-state index in [1.807, 2.05) is 21.1 Å². The van der Waals surface area contributed by atoms with Crippen LogP contribution in [0.3, 0.4) is 0 Å². The lowest BCUT2D eigenvalue weighted by molar-refractivity contribution is -0.870. The van der Waals surface area contributed by atoms with E-state index in [2.05, 4.69) is 160 Å². The summed E-state index contributed by atoms with van der Waals surface area (Å²) in [6.45, 7) is 4.09. The summed E-state index contributed by atoms with van der Waals surface area (Å²) in [5, 5.41) is 0. The summed E-state index contributed by atoms with van der Waals surface area (Å²) in [6, 6.07) is 0. The highest BCUT2D eigenvalue weighted by atomic mass is 31.2. The first-order chi connectivity index (χ1) is 40.5. The first kappa shape index (κ1) is 78.9. The summed E-state index contributed by atoms with van der Waals surface area (Å²) in [5.74, 6) is -0.853. The molecule has 0 aromatic heterocycles. The van der Waals surface area contributed by atoms with E-state index in [1.165, 1.54) is 89.9 Å². The summed E-state index contributed by atoms with van der Waals surface area (Å²) in [5.41, 5.74) is 0. The highest BCUT2D eigenvalue weighted by molar-refractivity contribution is 7.45. The van der Waals surface area contributed by atoms with Gasteiger partial charge in [0, 0.05) is 12.8 Å². The lowest BCUT2D eigenvalue weighted by Crippen LogP contribution is -2.37. The van der Waals surface area contributed by atoms with Crippen LogP contribution in [0.2, 0.25) is 0 Å². The molecule has 0 aromatic rings. The molecule has 0 spiro atoms. The van der Waals surface area contributed by atoms with Gasteiger partial charge in [-0.05, 0) is 122 Å². The van der Waals surface area contributed by atoms with Crippen molar-refractivity contribution in [2.24, 2.45) is 0 Å². The average Bonchev–Trinajstić information content (AvgIpc) is 3.48. The number of rotatable bonds is 59. The minimum absolute atomic E-state index is 0.0395. The molecule has 83 heavy (non-hydrogen) atoms. The maximum absolute atomic E-state index is 12.8. The fourth-order valence-electron chi connectivity index (χ4n) is 8.54. The lowest BCUT2D eigenvalue weighted by Gasteiger charge is -2.28. The Morgan fingerprint density at radius 2 is 0.687 bits per heavy atom. The number of carbonyl (C=O) groups excluding carboxylic acids is 2. The van der Waals surface area contributed by atoms with Crippen LogP contribution < -0.4 is 4.89 Å². The van der Waals surface area contributed by atoms with Crippen molar-refractivity contribution in [3.05, 3.63) is 146 Å². The zero-order valence-corrected chi connectivity index (χ0v) is 54.5. The molecule has 0 aliphatic rings. The van der Waals surface area contributed by atoms with Crippen LogP contribution in [-0.2, 0) is 32.7 Å². The van der Waals surface area contributed by atoms with E-state index in [-0.39, 0.29) is 26.1 Å². The molecule has 0 fully saturated rings. The molecular weight excluding hydrogens is 1050 g/mol. The van der Waals surface area contributed by atoms with Crippen LogP contribution in [0, 0.1) is 0 Å². The number of quaternary nitrogens is 1. The number of esters is 2. The molecule has 0 bridgehead atoms. The molecule has 0 aromatic carbocycles. The fraction of sp³-hybridized carbons (Fsp3) is 0.644. The number of phosphoric acid groups is 1. The summed E-state index contributed by atoms with van der Waals surface area (Å²) in [4.78, 5) is 37.9. The number of hydrogen-bond acceptors (Lipinski definition) is 8. The molecule has 9 nitrogen and oxygen atoms in total. The highest BCUT2D eigenvalue weighted by Crippen LogP contribution is 2.38. The molecule has 0 radical (unpaired) electrons. The van der Waals surface area contributed by atoms with E-state index >= 15 is 0 Å². The van der Waals surface area contributed by atoms with Gasteiger partial charge in [0.15, 0.2) is 6.10 Å². The van der Waals surface area contributed by atoms with Crippen molar-refractivity contribution in [1.29, 1.82) is 0 Å². The topological polar surface area (TPSA) is 111 Å². The van der Waals surface area contributed by atoms with E-state index in [4.69, 9.17) is 18.5 Å². The Balaban J connectivity index is 4.10. The van der Waals surface area contributed by atoms with E-state index in [0.29, 0.717) is 23.9 Å². The Hall–Kier alpha value is -4.11. The van der Waals surface area contributed by atoms with Crippen molar-refractivity contribution in [3.8, 4) is 0 Å². The first-order valence-electron chi connectivity index (χ1n) is 33.0. The van der Waals surface area contributed by atoms with E-state index in [1.54, 1.807) is 0 Å². The number of nitrogens with zero attached hydrogens (tertiary/aromatic N) is 1. The van der Waals surface area contributed by atoms with Crippen LogP contribution in [-0.4, -0.2) is 70.0 Å². The summed E-state index contributed by atoms with van der Waals surface area (Å²) < 4.78 is 34.2. The second kappa shape index (κ2) is 62.4. The van der Waals surface area contributed by atoms with Gasteiger partial charge < -0.3 is 27.9 Å². The monoisotopic (exact) mass is 1170 g/mol. The van der Waals surface area contributed by atoms with E-state index < -0.39 is 32.5 Å². The van der Waals surface area contributed by atoms with Crippen molar-refractivity contribution in [2.75, 3.05) is 47.5 Å². The van der Waals surface area contributed by atoms with Crippen LogP contribution in [0.4, 0.5) is 0 Å². The summed E-state index contributed by atoms with van der Waals surface area (Å²) in [7, 11) is 1.14. The van der Waals surface area contributed by atoms with Crippen molar-refractivity contribution >= 4 is 19.8 Å². The third-order valence-corrected chi connectivity index (χ3v) is 14.6. The molecule has 2 unspecified atom stereocenters. The van der Waals surface area contributed by atoms with E-state index in [0.717, 1.165) is 122 Å². The summed E-state index contributed by atoms with van der Waals surface area (Å²) in [6.07, 6.45) is 91.9. The lowest BCUT2D eigenvalue weighted by atomic mass is 10.0. The molecule has 0 saturated heterocycles. The number of hydrogen-bond donors (Lipinski definition) is 0. The largest absolute Gasteiger partial charge is 0.756 e. The third-order valence-electron chi connectivity index (χ3n) is 13.6. The maximum atomic E-state index is 12.8. The number of likely N-dealkylation sites (N-methyl/N-ethyl adjacent to an activating group) is 1. The number of allylic oxidation sites excluding steroid dienone is 24. The number of phosphoric ester groups is 1.